The maximum Gasteiger partial charge on any atom is 0.124 e. The molecule has 3 N–H and O–H groups in total. The minimum atomic E-state index is -0.573. The molecule has 2 rings (SSSR count). The van der Waals surface area contributed by atoms with Crippen molar-refractivity contribution in [1.29, 1.82) is 0 Å². The number of nitrogens with two attached hydrogens (primary N) is 1. The molecule has 3 unspecified atom stereocenters. The second-order valence-corrected chi connectivity index (χ2v) is 6.79. The molecule has 1 aromatic rings. The van der Waals surface area contributed by atoms with E-state index in [1.54, 1.807) is 7.11 Å². The van der Waals surface area contributed by atoms with E-state index < -0.39 is 6.10 Å². The molecule has 112 valence electrons. The summed E-state index contributed by atoms with van der Waals surface area (Å²) in [6, 6.07) is 5.76. The summed E-state index contributed by atoms with van der Waals surface area (Å²) in [4.78, 5) is 0. The number of hydrogen-bond acceptors (Lipinski definition) is 3. The van der Waals surface area contributed by atoms with Gasteiger partial charge in [0.15, 0.2) is 0 Å². The predicted octanol–water partition coefficient (Wildman–Crippen LogP) is 3.65. The molecular weight excluding hydrogens is 318 g/mol. The molecule has 3 nitrogen and oxygen atoms in total. The molecule has 0 heterocycles. The van der Waals surface area contributed by atoms with E-state index in [0.717, 1.165) is 41.5 Å². The van der Waals surface area contributed by atoms with Gasteiger partial charge in [-0.1, -0.05) is 29.3 Å². The van der Waals surface area contributed by atoms with Crippen molar-refractivity contribution >= 4 is 15.9 Å². The maximum atomic E-state index is 10.9. The molecule has 1 aliphatic rings. The van der Waals surface area contributed by atoms with Crippen LogP contribution in [0.3, 0.4) is 0 Å². The van der Waals surface area contributed by atoms with Crippen molar-refractivity contribution in [3.05, 3.63) is 28.2 Å². The first kappa shape index (κ1) is 15.8. The van der Waals surface area contributed by atoms with Crippen LogP contribution in [0.2, 0.25) is 0 Å². The number of hydrogen-bond donors (Lipinski definition) is 2. The summed E-state index contributed by atoms with van der Waals surface area (Å²) >= 11 is 3.47. The Morgan fingerprint density at radius 1 is 1.55 bits per heavy atom. The lowest BCUT2D eigenvalue weighted by atomic mass is 9.76. The quantitative estimate of drug-likeness (QED) is 0.859. The van der Waals surface area contributed by atoms with Crippen LogP contribution in [-0.2, 0) is 0 Å². The number of benzene rings is 1. The van der Waals surface area contributed by atoms with Gasteiger partial charge in [-0.25, -0.2) is 0 Å². The highest BCUT2D eigenvalue weighted by molar-refractivity contribution is 9.10. The summed E-state index contributed by atoms with van der Waals surface area (Å²) < 4.78 is 6.35. The predicted molar refractivity (Wildman–Crippen MR) is 84.8 cm³/mol. The third-order valence-corrected chi connectivity index (χ3v) is 5.29. The van der Waals surface area contributed by atoms with E-state index >= 15 is 0 Å². The molecule has 3 atom stereocenters. The second kappa shape index (κ2) is 6.46. The maximum absolute atomic E-state index is 10.9. The van der Waals surface area contributed by atoms with Gasteiger partial charge < -0.3 is 15.6 Å². The average Bonchev–Trinajstić information content (AvgIpc) is 2.91. The van der Waals surface area contributed by atoms with Crippen LogP contribution in [0.15, 0.2) is 22.7 Å². The molecule has 4 heteroatoms. The van der Waals surface area contributed by atoms with Gasteiger partial charge >= 0.3 is 0 Å². The van der Waals surface area contributed by atoms with E-state index in [9.17, 15) is 5.11 Å². The van der Waals surface area contributed by atoms with E-state index in [1.165, 1.54) is 0 Å². The first-order valence-electron chi connectivity index (χ1n) is 7.28. The summed E-state index contributed by atoms with van der Waals surface area (Å²) in [5.74, 6) is 1.40. The minimum absolute atomic E-state index is 0.214. The zero-order chi connectivity index (χ0) is 14.8. The molecule has 0 radical (unpaired) electrons. The second-order valence-electron chi connectivity index (χ2n) is 5.87. The van der Waals surface area contributed by atoms with Gasteiger partial charge in [-0.3, -0.25) is 0 Å². The number of methoxy groups -OCH3 is 1. The molecule has 0 amide bonds. The third kappa shape index (κ3) is 2.87. The topological polar surface area (TPSA) is 55.5 Å². The van der Waals surface area contributed by atoms with Gasteiger partial charge in [0.1, 0.15) is 5.75 Å². The van der Waals surface area contributed by atoms with E-state index in [0.29, 0.717) is 12.5 Å². The molecule has 0 saturated heterocycles. The van der Waals surface area contributed by atoms with Crippen LogP contribution >= 0.6 is 15.9 Å². The third-order valence-electron chi connectivity index (χ3n) is 4.80. The smallest absolute Gasteiger partial charge is 0.124 e. The van der Waals surface area contributed by atoms with Crippen molar-refractivity contribution in [3.63, 3.8) is 0 Å². The van der Waals surface area contributed by atoms with Crippen LogP contribution in [0.4, 0.5) is 0 Å². The van der Waals surface area contributed by atoms with Crippen molar-refractivity contribution in [2.24, 2.45) is 17.1 Å². The summed E-state index contributed by atoms with van der Waals surface area (Å²) in [5, 5.41) is 10.9. The first-order chi connectivity index (χ1) is 9.56. The molecule has 0 aliphatic heterocycles. The molecular formula is C16H24BrNO2. The Bertz CT molecular complexity index is 466. The van der Waals surface area contributed by atoms with Crippen molar-refractivity contribution in [1.82, 2.24) is 0 Å². The minimum Gasteiger partial charge on any atom is -0.496 e. The molecule has 1 saturated carbocycles. The number of aliphatic hydroxyl groups is 1. The zero-order valence-corrected chi connectivity index (χ0v) is 13.8. The van der Waals surface area contributed by atoms with E-state index in [4.69, 9.17) is 10.5 Å². The SMILES string of the molecule is CCC1CCC(CN)(C(O)c2cc(Br)ccc2OC)C1. The van der Waals surface area contributed by atoms with Gasteiger partial charge in [0.2, 0.25) is 0 Å². The van der Waals surface area contributed by atoms with Crippen LogP contribution in [-0.4, -0.2) is 18.8 Å². The van der Waals surface area contributed by atoms with E-state index in [2.05, 4.69) is 22.9 Å². The Labute approximate surface area is 129 Å². The molecule has 0 aromatic heterocycles. The summed E-state index contributed by atoms with van der Waals surface area (Å²) in [5.41, 5.74) is 6.66. The van der Waals surface area contributed by atoms with Gasteiger partial charge in [-0.2, -0.15) is 0 Å². The van der Waals surface area contributed by atoms with Crippen LogP contribution < -0.4 is 10.5 Å². The Kier molecular flexibility index (Phi) is 5.10. The van der Waals surface area contributed by atoms with Gasteiger partial charge in [0, 0.05) is 22.0 Å². The summed E-state index contributed by atoms with van der Waals surface area (Å²) in [6.45, 7) is 2.73. The fourth-order valence-corrected chi connectivity index (χ4v) is 3.79. The summed E-state index contributed by atoms with van der Waals surface area (Å²) in [6.07, 6.45) is 3.72. The van der Waals surface area contributed by atoms with E-state index in [-0.39, 0.29) is 5.41 Å². The van der Waals surface area contributed by atoms with Crippen molar-refractivity contribution in [2.75, 3.05) is 13.7 Å². The van der Waals surface area contributed by atoms with Gasteiger partial charge in [0.05, 0.1) is 13.2 Å². The highest BCUT2D eigenvalue weighted by Crippen LogP contribution is 2.51. The van der Waals surface area contributed by atoms with Crippen LogP contribution in [0.5, 0.6) is 5.75 Å². The van der Waals surface area contributed by atoms with Crippen molar-refractivity contribution < 1.29 is 9.84 Å². The van der Waals surface area contributed by atoms with Crippen molar-refractivity contribution in [2.45, 2.75) is 38.7 Å². The molecule has 1 aromatic carbocycles. The molecule has 1 fully saturated rings. The molecule has 0 spiro atoms. The number of rotatable bonds is 5. The largest absolute Gasteiger partial charge is 0.496 e. The highest BCUT2D eigenvalue weighted by Gasteiger charge is 2.44. The lowest BCUT2D eigenvalue weighted by Crippen LogP contribution is -2.34. The fraction of sp³-hybridized carbons (Fsp3) is 0.625. The van der Waals surface area contributed by atoms with Crippen LogP contribution in [0, 0.1) is 11.3 Å². The zero-order valence-electron chi connectivity index (χ0n) is 12.2. The number of aliphatic hydroxyl groups excluding tert-OH is 1. The Hall–Kier alpha value is -0.580. The number of halogens is 1. The Balaban J connectivity index is 2.34. The lowest BCUT2D eigenvalue weighted by Gasteiger charge is -2.34. The van der Waals surface area contributed by atoms with Gasteiger partial charge in [-0.15, -0.1) is 0 Å². The average molecular weight is 342 g/mol. The Morgan fingerprint density at radius 2 is 2.30 bits per heavy atom. The molecule has 0 bridgehead atoms. The number of ether oxygens (including phenoxy) is 1. The first-order valence-corrected chi connectivity index (χ1v) is 8.07. The summed E-state index contributed by atoms with van der Waals surface area (Å²) in [7, 11) is 1.64. The van der Waals surface area contributed by atoms with E-state index in [1.807, 2.05) is 18.2 Å². The monoisotopic (exact) mass is 341 g/mol. The lowest BCUT2D eigenvalue weighted by molar-refractivity contribution is 0.0283. The fourth-order valence-electron chi connectivity index (χ4n) is 3.41. The van der Waals surface area contributed by atoms with Crippen LogP contribution in [0.25, 0.3) is 0 Å². The Morgan fingerprint density at radius 3 is 2.85 bits per heavy atom. The normalized spacial score (nSPS) is 27.6. The highest BCUT2D eigenvalue weighted by atomic mass is 79.9. The van der Waals surface area contributed by atoms with Crippen LogP contribution in [0.1, 0.15) is 44.3 Å². The standard InChI is InChI=1S/C16H24BrNO2/c1-3-11-6-7-16(9-11,10-18)15(19)13-8-12(17)4-5-14(13)20-2/h4-5,8,11,15,19H,3,6-7,9-10,18H2,1-2H3. The van der Waals surface area contributed by atoms with Gasteiger partial charge in [0.25, 0.3) is 0 Å². The molecule has 20 heavy (non-hydrogen) atoms. The van der Waals surface area contributed by atoms with Crippen molar-refractivity contribution in [3.8, 4) is 5.75 Å². The molecule has 1 aliphatic carbocycles. The van der Waals surface area contributed by atoms with Gasteiger partial charge in [-0.05, 0) is 43.4 Å².